The number of fused-ring (bicyclic) bond motifs is 2. The lowest BCUT2D eigenvalue weighted by molar-refractivity contribution is 0.668. The Morgan fingerprint density at radius 2 is 2.08 bits per heavy atom. The van der Waals surface area contributed by atoms with Crippen LogP contribution in [0.4, 0.5) is 5.82 Å². The lowest BCUT2D eigenvalue weighted by atomic mass is 9.95. The highest BCUT2D eigenvalue weighted by Crippen LogP contribution is 2.24. The fourth-order valence-electron chi connectivity index (χ4n) is 3.51. The van der Waals surface area contributed by atoms with Crippen LogP contribution in [-0.4, -0.2) is 16.5 Å². The predicted molar refractivity (Wildman–Crippen MR) is 96.1 cm³/mol. The molecule has 0 saturated heterocycles. The monoisotopic (exact) mass is 316 g/mol. The van der Waals surface area contributed by atoms with Crippen molar-refractivity contribution in [3.05, 3.63) is 58.9 Å². The van der Waals surface area contributed by atoms with Crippen LogP contribution in [-0.2, 0) is 19.3 Å². The lowest BCUT2D eigenvalue weighted by Crippen LogP contribution is -2.12. The van der Waals surface area contributed by atoms with E-state index in [-0.39, 0.29) is 0 Å². The largest absolute Gasteiger partial charge is 0.369 e. The third kappa shape index (κ3) is 2.74. The summed E-state index contributed by atoms with van der Waals surface area (Å²) in [6.45, 7) is 0.766. The summed E-state index contributed by atoms with van der Waals surface area (Å²) in [5.74, 6) is 0.734. The number of aromatic amines is 1. The Morgan fingerprint density at radius 1 is 1.21 bits per heavy atom. The molecule has 4 rings (SSSR count). The molecule has 4 heteroatoms. The number of hydrogen-bond acceptors (Lipinski definition) is 3. The fraction of sp³-hybridized carbons (Fsp3) is 0.300. The van der Waals surface area contributed by atoms with E-state index in [9.17, 15) is 5.26 Å². The Morgan fingerprint density at radius 3 is 3.00 bits per heavy atom. The van der Waals surface area contributed by atoms with Gasteiger partial charge in [-0.15, -0.1) is 0 Å². The zero-order valence-electron chi connectivity index (χ0n) is 13.6. The van der Waals surface area contributed by atoms with E-state index in [0.29, 0.717) is 5.56 Å². The van der Waals surface area contributed by atoms with Gasteiger partial charge in [0, 0.05) is 29.3 Å². The molecule has 1 aliphatic rings. The quantitative estimate of drug-likeness (QED) is 0.765. The second kappa shape index (κ2) is 6.37. The number of aromatic nitrogens is 2. The highest BCUT2D eigenvalue weighted by Gasteiger charge is 2.15. The summed E-state index contributed by atoms with van der Waals surface area (Å²) in [4.78, 5) is 8.03. The van der Waals surface area contributed by atoms with Gasteiger partial charge in [0.15, 0.2) is 0 Å². The molecule has 2 N–H and O–H groups in total. The normalized spacial score (nSPS) is 13.5. The van der Waals surface area contributed by atoms with Crippen molar-refractivity contribution in [1.82, 2.24) is 9.97 Å². The van der Waals surface area contributed by atoms with Gasteiger partial charge >= 0.3 is 0 Å². The minimum Gasteiger partial charge on any atom is -0.369 e. The van der Waals surface area contributed by atoms with E-state index in [0.717, 1.165) is 42.8 Å². The summed E-state index contributed by atoms with van der Waals surface area (Å²) in [6, 6.07) is 12.6. The number of hydrogen-bond donors (Lipinski definition) is 2. The number of nitrogens with zero attached hydrogens (tertiary/aromatic N) is 2. The molecular weight excluding hydrogens is 296 g/mol. The smallest absolute Gasteiger partial charge is 0.144 e. The van der Waals surface area contributed by atoms with Gasteiger partial charge < -0.3 is 10.3 Å². The first-order chi connectivity index (χ1) is 11.8. The Balaban J connectivity index is 1.50. The van der Waals surface area contributed by atoms with E-state index in [1.807, 2.05) is 12.1 Å². The van der Waals surface area contributed by atoms with Crippen LogP contribution in [0.5, 0.6) is 0 Å². The molecule has 2 aromatic heterocycles. The van der Waals surface area contributed by atoms with Gasteiger partial charge in [-0.1, -0.05) is 18.2 Å². The predicted octanol–water partition coefficient (Wildman–Crippen LogP) is 3.97. The maximum atomic E-state index is 9.41. The van der Waals surface area contributed by atoms with E-state index in [1.165, 1.54) is 29.4 Å². The number of aryl methyl sites for hydroxylation is 2. The number of nitriles is 1. The van der Waals surface area contributed by atoms with Crippen LogP contribution in [0, 0.1) is 11.3 Å². The lowest BCUT2D eigenvalue weighted by Gasteiger charge is -2.17. The van der Waals surface area contributed by atoms with Gasteiger partial charge in [-0.25, -0.2) is 4.98 Å². The van der Waals surface area contributed by atoms with Crippen LogP contribution in [0.3, 0.4) is 0 Å². The first kappa shape index (κ1) is 14.8. The van der Waals surface area contributed by atoms with E-state index in [2.05, 4.69) is 40.8 Å². The van der Waals surface area contributed by atoms with Crippen molar-refractivity contribution in [2.24, 2.45) is 0 Å². The molecule has 0 atom stereocenters. The second-order valence-electron chi connectivity index (χ2n) is 6.35. The van der Waals surface area contributed by atoms with Crippen LogP contribution >= 0.6 is 0 Å². The van der Waals surface area contributed by atoms with E-state index < -0.39 is 0 Å². The molecule has 0 fully saturated rings. The van der Waals surface area contributed by atoms with Crippen LogP contribution in [0.15, 0.2) is 36.5 Å². The standard InChI is InChI=1S/C20H20N4/c21-12-16-11-14-5-1-3-7-18(14)24-20(16)22-10-9-15-13-23-19-8-4-2-6-17(15)19/h2,4,6,8,11,13,23H,1,3,5,7,9-10H2,(H,22,24). The summed E-state index contributed by atoms with van der Waals surface area (Å²) >= 11 is 0. The van der Waals surface area contributed by atoms with E-state index >= 15 is 0 Å². The Kier molecular flexibility index (Phi) is 3.92. The molecule has 1 aliphatic carbocycles. The van der Waals surface area contributed by atoms with E-state index in [1.54, 1.807) is 0 Å². The number of para-hydroxylation sites is 1. The third-order valence-electron chi connectivity index (χ3n) is 4.78. The number of benzene rings is 1. The number of anilines is 1. The van der Waals surface area contributed by atoms with Crippen LogP contribution < -0.4 is 5.32 Å². The van der Waals surface area contributed by atoms with Gasteiger partial charge in [0.2, 0.25) is 0 Å². The molecule has 0 radical (unpaired) electrons. The summed E-state index contributed by atoms with van der Waals surface area (Å²) in [7, 11) is 0. The van der Waals surface area contributed by atoms with Gasteiger partial charge in [0.1, 0.15) is 11.9 Å². The van der Waals surface area contributed by atoms with Crippen molar-refractivity contribution in [2.45, 2.75) is 32.1 Å². The van der Waals surface area contributed by atoms with Gasteiger partial charge in [-0.3, -0.25) is 0 Å². The average molecular weight is 316 g/mol. The zero-order chi connectivity index (χ0) is 16.4. The van der Waals surface area contributed by atoms with Crippen LogP contribution in [0.2, 0.25) is 0 Å². The average Bonchev–Trinajstić information content (AvgIpc) is 3.04. The number of pyridine rings is 1. The number of rotatable bonds is 4. The zero-order valence-corrected chi connectivity index (χ0v) is 13.6. The van der Waals surface area contributed by atoms with Crippen molar-refractivity contribution in [2.75, 3.05) is 11.9 Å². The molecule has 2 heterocycles. The second-order valence-corrected chi connectivity index (χ2v) is 6.35. The van der Waals surface area contributed by atoms with Crippen molar-refractivity contribution in [3.8, 4) is 6.07 Å². The molecule has 120 valence electrons. The van der Waals surface area contributed by atoms with Crippen molar-refractivity contribution in [1.29, 1.82) is 5.26 Å². The molecule has 0 aliphatic heterocycles. The first-order valence-electron chi connectivity index (χ1n) is 8.57. The summed E-state index contributed by atoms with van der Waals surface area (Å²) in [5, 5.41) is 14.0. The summed E-state index contributed by atoms with van der Waals surface area (Å²) < 4.78 is 0. The Labute approximate surface area is 141 Å². The van der Waals surface area contributed by atoms with Crippen molar-refractivity contribution >= 4 is 16.7 Å². The Bertz CT molecular complexity index is 917. The van der Waals surface area contributed by atoms with Crippen molar-refractivity contribution < 1.29 is 0 Å². The number of nitrogens with one attached hydrogen (secondary N) is 2. The summed E-state index contributed by atoms with van der Waals surface area (Å²) in [5.41, 5.74) is 5.52. The molecule has 0 spiro atoms. The highest BCUT2D eigenvalue weighted by atomic mass is 15.0. The maximum absolute atomic E-state index is 9.41. The highest BCUT2D eigenvalue weighted by molar-refractivity contribution is 5.83. The number of H-pyrrole nitrogens is 1. The molecule has 1 aromatic carbocycles. The minimum atomic E-state index is 0.662. The SMILES string of the molecule is N#Cc1cc2c(nc1NCCc1c[nH]c3ccccc13)CCCC2. The maximum Gasteiger partial charge on any atom is 0.144 e. The molecule has 0 bridgehead atoms. The van der Waals surface area contributed by atoms with Gasteiger partial charge in [-0.2, -0.15) is 5.26 Å². The molecule has 0 saturated carbocycles. The van der Waals surface area contributed by atoms with Gasteiger partial charge in [0.25, 0.3) is 0 Å². The fourth-order valence-corrected chi connectivity index (χ4v) is 3.51. The molecule has 24 heavy (non-hydrogen) atoms. The molecule has 4 nitrogen and oxygen atoms in total. The van der Waals surface area contributed by atoms with Gasteiger partial charge in [-0.05, 0) is 55.4 Å². The molecule has 0 amide bonds. The molecule has 3 aromatic rings. The van der Waals surface area contributed by atoms with Gasteiger partial charge in [0.05, 0.1) is 5.56 Å². The first-order valence-corrected chi connectivity index (χ1v) is 8.57. The van der Waals surface area contributed by atoms with Crippen molar-refractivity contribution in [3.63, 3.8) is 0 Å². The van der Waals surface area contributed by atoms with Crippen LogP contribution in [0.1, 0.15) is 35.2 Å². The Hall–Kier alpha value is -2.80. The van der Waals surface area contributed by atoms with Crippen LogP contribution in [0.25, 0.3) is 10.9 Å². The topological polar surface area (TPSA) is 64.5 Å². The third-order valence-corrected chi connectivity index (χ3v) is 4.78. The molecular formula is C20H20N4. The minimum absolute atomic E-state index is 0.662. The van der Waals surface area contributed by atoms with E-state index in [4.69, 9.17) is 4.98 Å². The molecule has 0 unspecified atom stereocenters. The summed E-state index contributed by atoms with van der Waals surface area (Å²) in [6.07, 6.45) is 7.43.